The van der Waals surface area contributed by atoms with Crippen molar-refractivity contribution in [1.29, 1.82) is 0 Å². The minimum atomic E-state index is 0.00790. The van der Waals surface area contributed by atoms with Crippen LogP contribution in [0.1, 0.15) is 57.1 Å². The Bertz CT molecular complexity index is 1080. The van der Waals surface area contributed by atoms with Crippen LogP contribution in [0.3, 0.4) is 0 Å². The summed E-state index contributed by atoms with van der Waals surface area (Å²) < 4.78 is 1.78. The molecule has 9 nitrogen and oxygen atoms in total. The van der Waals surface area contributed by atoms with Gasteiger partial charge in [-0.1, -0.05) is 32.9 Å². The van der Waals surface area contributed by atoms with E-state index in [1.54, 1.807) is 4.52 Å². The van der Waals surface area contributed by atoms with Crippen LogP contribution in [0.5, 0.6) is 0 Å². The van der Waals surface area contributed by atoms with Gasteiger partial charge in [-0.2, -0.15) is 19.6 Å². The molecule has 1 aromatic carbocycles. The second-order valence-corrected chi connectivity index (χ2v) is 9.03. The van der Waals surface area contributed by atoms with Crippen molar-refractivity contribution >= 4 is 29.1 Å². The molecule has 1 aliphatic heterocycles. The Balaban J connectivity index is 1.53. The number of aromatic nitrogens is 4. The number of piperidine rings is 1. The molecule has 0 aliphatic carbocycles. The molecule has 33 heavy (non-hydrogen) atoms. The van der Waals surface area contributed by atoms with Gasteiger partial charge in [0.05, 0.1) is 6.20 Å². The molecule has 0 radical (unpaired) electrons. The summed E-state index contributed by atoms with van der Waals surface area (Å²) in [7, 11) is 2.16. The zero-order valence-corrected chi connectivity index (χ0v) is 19.9. The third kappa shape index (κ3) is 5.60. The molecular weight excluding hydrogens is 416 g/mol. The summed E-state index contributed by atoms with van der Waals surface area (Å²) >= 11 is 0. The molecule has 0 bridgehead atoms. The van der Waals surface area contributed by atoms with Crippen molar-refractivity contribution in [2.45, 2.75) is 58.5 Å². The lowest BCUT2D eigenvalue weighted by Crippen LogP contribution is -2.37. The lowest BCUT2D eigenvalue weighted by molar-refractivity contribution is -0.115. The molecule has 176 valence electrons. The van der Waals surface area contributed by atoms with Crippen molar-refractivity contribution < 1.29 is 4.79 Å². The molecule has 0 unspecified atom stereocenters. The number of nitrogens with one attached hydrogen (secondary N) is 3. The minimum absolute atomic E-state index is 0.00790. The first-order valence-electron chi connectivity index (χ1n) is 11.8. The number of likely N-dealkylation sites (tertiary alicyclic amines) is 1. The van der Waals surface area contributed by atoms with E-state index in [4.69, 9.17) is 9.97 Å². The number of carbonyl (C=O) groups excluding carboxylic acids is 1. The molecule has 9 heteroatoms. The summed E-state index contributed by atoms with van der Waals surface area (Å²) in [5, 5.41) is 14.4. The molecule has 0 saturated carbocycles. The molecule has 3 heterocycles. The van der Waals surface area contributed by atoms with Crippen LogP contribution < -0.4 is 16.0 Å². The Kier molecular flexibility index (Phi) is 7.08. The largest absolute Gasteiger partial charge is 0.351 e. The summed E-state index contributed by atoms with van der Waals surface area (Å²) in [6.07, 6.45) is 4.49. The number of anilines is 3. The topological polar surface area (TPSA) is 99.5 Å². The van der Waals surface area contributed by atoms with Crippen LogP contribution in [-0.4, -0.2) is 56.6 Å². The van der Waals surface area contributed by atoms with Crippen molar-refractivity contribution in [3.8, 4) is 0 Å². The monoisotopic (exact) mass is 450 g/mol. The number of nitrogens with zero attached hydrogens (tertiary/aromatic N) is 5. The van der Waals surface area contributed by atoms with E-state index in [1.165, 1.54) is 0 Å². The Hall–Kier alpha value is -3.20. The highest BCUT2D eigenvalue weighted by Gasteiger charge is 2.20. The fourth-order valence-electron chi connectivity index (χ4n) is 3.95. The third-order valence-electron chi connectivity index (χ3n) is 6.08. The number of amides is 1. The van der Waals surface area contributed by atoms with Gasteiger partial charge >= 0.3 is 0 Å². The van der Waals surface area contributed by atoms with Crippen molar-refractivity contribution in [3.63, 3.8) is 0 Å². The molecule has 4 rings (SSSR count). The highest BCUT2D eigenvalue weighted by molar-refractivity contribution is 5.90. The van der Waals surface area contributed by atoms with Crippen molar-refractivity contribution in [2.75, 3.05) is 36.1 Å². The van der Waals surface area contributed by atoms with E-state index in [-0.39, 0.29) is 5.91 Å². The van der Waals surface area contributed by atoms with Gasteiger partial charge in [-0.05, 0) is 56.6 Å². The second kappa shape index (κ2) is 10.2. The number of hydrogen-bond acceptors (Lipinski definition) is 7. The van der Waals surface area contributed by atoms with Crippen LogP contribution in [0.2, 0.25) is 0 Å². The van der Waals surface area contributed by atoms with Gasteiger partial charge in [0.25, 0.3) is 0 Å². The lowest BCUT2D eigenvalue weighted by Gasteiger charge is -2.29. The zero-order valence-electron chi connectivity index (χ0n) is 19.9. The molecule has 1 saturated heterocycles. The van der Waals surface area contributed by atoms with Crippen molar-refractivity contribution in [3.05, 3.63) is 41.6 Å². The maximum absolute atomic E-state index is 11.6. The van der Waals surface area contributed by atoms with Gasteiger partial charge in [-0.25, -0.2) is 0 Å². The summed E-state index contributed by atoms with van der Waals surface area (Å²) in [4.78, 5) is 23.5. The van der Waals surface area contributed by atoms with E-state index in [2.05, 4.69) is 46.8 Å². The molecule has 0 spiro atoms. The Morgan fingerprint density at radius 2 is 1.88 bits per heavy atom. The van der Waals surface area contributed by atoms with Crippen LogP contribution >= 0.6 is 0 Å². The molecule has 1 aliphatic rings. The van der Waals surface area contributed by atoms with E-state index >= 15 is 0 Å². The van der Waals surface area contributed by atoms with Crippen LogP contribution in [0.15, 0.2) is 30.5 Å². The summed E-state index contributed by atoms with van der Waals surface area (Å²) in [5.41, 5.74) is 3.81. The lowest BCUT2D eigenvalue weighted by atomic mass is 10.1. The van der Waals surface area contributed by atoms with Gasteiger partial charge in [0, 0.05) is 30.3 Å². The van der Waals surface area contributed by atoms with Gasteiger partial charge in [-0.3, -0.25) is 4.79 Å². The molecule has 3 aromatic rings. The molecular formula is C24H34N8O. The van der Waals surface area contributed by atoms with Crippen LogP contribution in [0.25, 0.3) is 5.65 Å². The smallest absolute Gasteiger partial charge is 0.229 e. The fourth-order valence-corrected chi connectivity index (χ4v) is 3.95. The van der Waals surface area contributed by atoms with E-state index in [1.807, 2.05) is 37.4 Å². The maximum atomic E-state index is 11.6. The highest BCUT2D eigenvalue weighted by atomic mass is 16.1. The van der Waals surface area contributed by atoms with E-state index in [0.29, 0.717) is 36.8 Å². The standard InChI is InChI=1S/C24H34N8O/c1-5-21(33)27-18-8-6-17(7-9-18)14-25-24-30-23(28-19-10-12-31(4)13-11-19)29-22-20(16(2)3)15-26-32(22)24/h6-9,15-16,19H,5,10-14H2,1-4H3,(H,27,33)(H2,25,28,29,30). The van der Waals surface area contributed by atoms with Crippen molar-refractivity contribution in [1.82, 2.24) is 24.5 Å². The molecule has 3 N–H and O–H groups in total. The highest BCUT2D eigenvalue weighted by Crippen LogP contribution is 2.23. The zero-order chi connectivity index (χ0) is 23.4. The van der Waals surface area contributed by atoms with E-state index in [9.17, 15) is 4.79 Å². The van der Waals surface area contributed by atoms with Gasteiger partial charge in [-0.15, -0.1) is 0 Å². The van der Waals surface area contributed by atoms with E-state index in [0.717, 1.165) is 48.4 Å². The van der Waals surface area contributed by atoms with Crippen LogP contribution in [0, 0.1) is 0 Å². The van der Waals surface area contributed by atoms with Crippen molar-refractivity contribution in [2.24, 2.45) is 0 Å². The molecule has 1 fully saturated rings. The SMILES string of the molecule is CCC(=O)Nc1ccc(CNc2nc(NC3CCN(C)CC3)nc3c(C(C)C)cnn23)cc1. The summed E-state index contributed by atoms with van der Waals surface area (Å²) in [5.74, 6) is 1.62. The van der Waals surface area contributed by atoms with Crippen LogP contribution in [-0.2, 0) is 11.3 Å². The Morgan fingerprint density at radius 3 is 2.55 bits per heavy atom. The third-order valence-corrected chi connectivity index (χ3v) is 6.08. The quantitative estimate of drug-likeness (QED) is 0.481. The Labute approximate surface area is 195 Å². The molecule has 1 amide bonds. The van der Waals surface area contributed by atoms with Gasteiger partial charge in [0.15, 0.2) is 5.65 Å². The number of fused-ring (bicyclic) bond motifs is 1. The number of rotatable bonds is 8. The molecule has 2 aromatic heterocycles. The average Bonchev–Trinajstić information content (AvgIpc) is 3.24. The van der Waals surface area contributed by atoms with E-state index < -0.39 is 0 Å². The van der Waals surface area contributed by atoms with Gasteiger partial charge in [0.2, 0.25) is 17.8 Å². The predicted molar refractivity (Wildman–Crippen MR) is 132 cm³/mol. The molecule has 0 atom stereocenters. The number of carbonyl (C=O) groups is 1. The maximum Gasteiger partial charge on any atom is 0.229 e. The summed E-state index contributed by atoms with van der Waals surface area (Å²) in [6, 6.07) is 8.19. The average molecular weight is 451 g/mol. The van der Waals surface area contributed by atoms with Gasteiger partial charge in [0.1, 0.15) is 0 Å². The van der Waals surface area contributed by atoms with Crippen LogP contribution in [0.4, 0.5) is 17.6 Å². The fraction of sp³-hybridized carbons (Fsp3) is 0.500. The first-order chi connectivity index (χ1) is 15.9. The first kappa shape index (κ1) is 23.0. The first-order valence-corrected chi connectivity index (χ1v) is 11.8. The minimum Gasteiger partial charge on any atom is -0.351 e. The summed E-state index contributed by atoms with van der Waals surface area (Å²) in [6.45, 7) is 8.86. The second-order valence-electron chi connectivity index (χ2n) is 9.03. The van der Waals surface area contributed by atoms with Gasteiger partial charge < -0.3 is 20.9 Å². The Morgan fingerprint density at radius 1 is 1.15 bits per heavy atom. The number of hydrogen-bond donors (Lipinski definition) is 3. The normalized spacial score (nSPS) is 15.2. The predicted octanol–water partition coefficient (Wildman–Crippen LogP) is 3.71. The number of benzene rings is 1.